The fourth-order valence-electron chi connectivity index (χ4n) is 1.58. The van der Waals surface area contributed by atoms with Gasteiger partial charge in [0, 0.05) is 19.3 Å². The molecule has 1 aromatic heterocycles. The molecule has 8 heteroatoms. The minimum atomic E-state index is -3.86. The number of aliphatic carboxylic acids is 1. The topological polar surface area (TPSA) is 92.5 Å². The number of carboxylic acid groups (broad SMARTS) is 1. The highest BCUT2D eigenvalue weighted by molar-refractivity contribution is 7.89. The maximum atomic E-state index is 12.3. The summed E-state index contributed by atoms with van der Waals surface area (Å²) < 4.78 is 27.2. The van der Waals surface area contributed by atoms with Gasteiger partial charge in [-0.15, -0.1) is 0 Å². The van der Waals surface area contributed by atoms with Gasteiger partial charge in [0.25, 0.3) is 10.0 Å². The maximum absolute atomic E-state index is 12.3. The third kappa shape index (κ3) is 4.03. The molecule has 1 rings (SSSR count). The number of carbonyl (C=O) groups is 1. The van der Waals surface area contributed by atoms with Gasteiger partial charge in [-0.05, 0) is 12.8 Å². The Kier molecular flexibility index (Phi) is 5.07. The average molecular weight is 289 g/mol. The quantitative estimate of drug-likeness (QED) is 0.795. The first-order valence-electron chi connectivity index (χ1n) is 6.01. The Labute approximate surface area is 112 Å². The Hall–Kier alpha value is -1.41. The van der Waals surface area contributed by atoms with E-state index in [0.717, 1.165) is 4.31 Å². The predicted molar refractivity (Wildman–Crippen MR) is 69.1 cm³/mol. The second kappa shape index (κ2) is 6.16. The Morgan fingerprint density at radius 3 is 2.58 bits per heavy atom. The van der Waals surface area contributed by atoms with Crippen LogP contribution in [0.1, 0.15) is 20.8 Å². The molecular weight excluding hydrogens is 270 g/mol. The standard InChI is InChI=1S/C11H19N3O4S/c1-4-13-6-10(12-8-13)19(17,18)14(5-9(2)3)7-11(15)16/h6,8-9H,4-5,7H2,1-3H3,(H,15,16). The molecule has 1 N–H and O–H groups in total. The molecule has 0 saturated carbocycles. The third-order valence-corrected chi connectivity index (χ3v) is 4.16. The van der Waals surface area contributed by atoms with Crippen LogP contribution in [0.4, 0.5) is 0 Å². The number of nitrogens with zero attached hydrogens (tertiary/aromatic N) is 3. The number of hydrogen-bond acceptors (Lipinski definition) is 4. The number of sulfonamides is 1. The summed E-state index contributed by atoms with van der Waals surface area (Å²) in [6, 6.07) is 0. The summed E-state index contributed by atoms with van der Waals surface area (Å²) in [5.41, 5.74) is 0. The molecule has 19 heavy (non-hydrogen) atoms. The van der Waals surface area contributed by atoms with Crippen molar-refractivity contribution in [1.82, 2.24) is 13.9 Å². The van der Waals surface area contributed by atoms with Gasteiger partial charge in [0.2, 0.25) is 0 Å². The second-order valence-corrected chi connectivity index (χ2v) is 6.51. The summed E-state index contributed by atoms with van der Waals surface area (Å²) in [7, 11) is -3.86. The molecule has 108 valence electrons. The number of aryl methyl sites for hydroxylation is 1. The molecule has 0 unspecified atom stereocenters. The first-order chi connectivity index (χ1) is 8.77. The summed E-state index contributed by atoms with van der Waals surface area (Å²) in [6.07, 6.45) is 2.83. The minimum absolute atomic E-state index is 0.0300. The van der Waals surface area contributed by atoms with Crippen molar-refractivity contribution < 1.29 is 18.3 Å². The van der Waals surface area contributed by atoms with E-state index in [1.54, 1.807) is 4.57 Å². The first-order valence-corrected chi connectivity index (χ1v) is 7.45. The molecule has 0 saturated heterocycles. The van der Waals surface area contributed by atoms with E-state index < -0.39 is 22.5 Å². The van der Waals surface area contributed by atoms with Crippen LogP contribution in [0.15, 0.2) is 17.6 Å². The zero-order valence-electron chi connectivity index (χ0n) is 11.3. The smallest absolute Gasteiger partial charge is 0.318 e. The molecule has 1 heterocycles. The summed E-state index contributed by atoms with van der Waals surface area (Å²) in [4.78, 5) is 14.6. The average Bonchev–Trinajstić information content (AvgIpc) is 2.75. The van der Waals surface area contributed by atoms with Gasteiger partial charge >= 0.3 is 5.97 Å². The van der Waals surface area contributed by atoms with Crippen molar-refractivity contribution in [2.45, 2.75) is 32.3 Å². The molecule has 0 aliphatic carbocycles. The zero-order chi connectivity index (χ0) is 14.6. The van der Waals surface area contributed by atoms with Crippen molar-refractivity contribution in [3.63, 3.8) is 0 Å². The van der Waals surface area contributed by atoms with E-state index in [2.05, 4.69) is 4.98 Å². The molecule has 1 aromatic rings. The lowest BCUT2D eigenvalue weighted by Crippen LogP contribution is -2.38. The van der Waals surface area contributed by atoms with E-state index >= 15 is 0 Å². The van der Waals surface area contributed by atoms with E-state index in [1.165, 1.54) is 12.5 Å². The normalized spacial score (nSPS) is 12.3. The number of imidazole rings is 1. The highest BCUT2D eigenvalue weighted by Gasteiger charge is 2.29. The van der Waals surface area contributed by atoms with Crippen LogP contribution in [0.3, 0.4) is 0 Å². The van der Waals surface area contributed by atoms with Crippen molar-refractivity contribution in [3.05, 3.63) is 12.5 Å². The molecule has 0 aromatic carbocycles. The molecule has 0 aliphatic heterocycles. The lowest BCUT2D eigenvalue weighted by molar-refractivity contribution is -0.137. The monoisotopic (exact) mass is 289 g/mol. The fraction of sp³-hybridized carbons (Fsp3) is 0.636. The second-order valence-electron chi connectivity index (χ2n) is 4.63. The number of hydrogen-bond donors (Lipinski definition) is 1. The van der Waals surface area contributed by atoms with E-state index in [0.29, 0.717) is 6.54 Å². The highest BCUT2D eigenvalue weighted by atomic mass is 32.2. The number of aromatic nitrogens is 2. The van der Waals surface area contributed by atoms with Gasteiger partial charge in [-0.1, -0.05) is 13.8 Å². The van der Waals surface area contributed by atoms with E-state index in [4.69, 9.17) is 5.11 Å². The predicted octanol–water partition coefficient (Wildman–Crippen LogP) is 0.634. The van der Waals surface area contributed by atoms with Crippen molar-refractivity contribution in [2.75, 3.05) is 13.1 Å². The maximum Gasteiger partial charge on any atom is 0.318 e. The van der Waals surface area contributed by atoms with Crippen LogP contribution in [0.25, 0.3) is 0 Å². The summed E-state index contributed by atoms with van der Waals surface area (Å²) >= 11 is 0. The summed E-state index contributed by atoms with van der Waals surface area (Å²) in [6.45, 7) is 5.71. The van der Waals surface area contributed by atoms with Crippen LogP contribution in [0.2, 0.25) is 0 Å². The Balaban J connectivity index is 3.07. The van der Waals surface area contributed by atoms with Gasteiger partial charge in [-0.3, -0.25) is 4.79 Å². The molecule has 7 nitrogen and oxygen atoms in total. The number of carboxylic acids is 1. The molecule has 0 amide bonds. The molecule has 0 atom stereocenters. The molecular formula is C11H19N3O4S. The number of rotatable bonds is 7. The lowest BCUT2D eigenvalue weighted by atomic mass is 10.2. The molecule has 0 spiro atoms. The molecule has 0 radical (unpaired) electrons. The Morgan fingerprint density at radius 1 is 1.53 bits per heavy atom. The molecule has 0 fully saturated rings. The van der Waals surface area contributed by atoms with Gasteiger partial charge in [0.05, 0.1) is 6.33 Å². The van der Waals surface area contributed by atoms with Gasteiger partial charge in [-0.25, -0.2) is 13.4 Å². The van der Waals surface area contributed by atoms with Crippen LogP contribution >= 0.6 is 0 Å². The Bertz CT molecular complexity index is 536. The van der Waals surface area contributed by atoms with Crippen LogP contribution < -0.4 is 0 Å². The molecule has 0 aliphatic rings. The van der Waals surface area contributed by atoms with Crippen molar-refractivity contribution in [3.8, 4) is 0 Å². The third-order valence-electron chi connectivity index (χ3n) is 2.46. The van der Waals surface area contributed by atoms with E-state index in [9.17, 15) is 13.2 Å². The van der Waals surface area contributed by atoms with Crippen LogP contribution in [0.5, 0.6) is 0 Å². The zero-order valence-corrected chi connectivity index (χ0v) is 12.1. The van der Waals surface area contributed by atoms with E-state index in [-0.39, 0.29) is 17.5 Å². The Morgan fingerprint density at radius 2 is 2.16 bits per heavy atom. The lowest BCUT2D eigenvalue weighted by Gasteiger charge is -2.20. The first kappa shape index (κ1) is 15.6. The molecule has 0 bridgehead atoms. The van der Waals surface area contributed by atoms with Gasteiger partial charge in [-0.2, -0.15) is 4.31 Å². The SMILES string of the molecule is CCn1cnc(S(=O)(=O)N(CC(=O)O)CC(C)C)c1. The van der Waals surface area contributed by atoms with Crippen molar-refractivity contribution in [1.29, 1.82) is 0 Å². The van der Waals surface area contributed by atoms with Crippen LogP contribution in [-0.4, -0.2) is 46.4 Å². The van der Waals surface area contributed by atoms with Gasteiger partial charge in [0.1, 0.15) is 6.54 Å². The van der Waals surface area contributed by atoms with E-state index in [1.807, 2.05) is 20.8 Å². The fourth-order valence-corrected chi connectivity index (χ4v) is 3.07. The highest BCUT2D eigenvalue weighted by Crippen LogP contribution is 2.15. The van der Waals surface area contributed by atoms with Crippen LogP contribution in [-0.2, 0) is 21.4 Å². The largest absolute Gasteiger partial charge is 0.480 e. The van der Waals surface area contributed by atoms with Gasteiger partial charge in [0.15, 0.2) is 5.03 Å². The summed E-state index contributed by atoms with van der Waals surface area (Å²) in [5.74, 6) is -1.15. The van der Waals surface area contributed by atoms with Crippen molar-refractivity contribution >= 4 is 16.0 Å². The minimum Gasteiger partial charge on any atom is -0.480 e. The summed E-state index contributed by atoms with van der Waals surface area (Å²) in [5, 5.41) is 8.71. The van der Waals surface area contributed by atoms with Crippen molar-refractivity contribution in [2.24, 2.45) is 5.92 Å². The van der Waals surface area contributed by atoms with Crippen LogP contribution in [0, 0.1) is 5.92 Å². The van der Waals surface area contributed by atoms with Gasteiger partial charge < -0.3 is 9.67 Å².